The van der Waals surface area contributed by atoms with E-state index in [2.05, 4.69) is 9.97 Å². The molecule has 2 rings (SSSR count). The summed E-state index contributed by atoms with van der Waals surface area (Å²) in [5.41, 5.74) is 1.46. The van der Waals surface area contributed by atoms with Crippen LogP contribution in [0.1, 0.15) is 10.4 Å². The molecule has 0 aliphatic carbocycles. The van der Waals surface area contributed by atoms with Crippen molar-refractivity contribution >= 4 is 17.6 Å². The highest BCUT2D eigenvalue weighted by Crippen LogP contribution is 2.19. The second-order valence-electron chi connectivity index (χ2n) is 3.16. The minimum absolute atomic E-state index is 0.185. The van der Waals surface area contributed by atoms with Crippen LogP contribution in [0.5, 0.6) is 0 Å². The molecule has 0 bridgehead atoms. The highest BCUT2D eigenvalue weighted by Gasteiger charge is 2.15. The molecule has 86 valence electrons. The minimum Gasteiger partial charge on any atom is -0.446 e. The van der Waals surface area contributed by atoms with Crippen LogP contribution in [0.3, 0.4) is 0 Å². The summed E-state index contributed by atoms with van der Waals surface area (Å²) < 4.78 is 4.75. The first kappa shape index (κ1) is 11.5. The molecule has 2 heterocycles. The van der Waals surface area contributed by atoms with Crippen molar-refractivity contribution in [3.63, 3.8) is 0 Å². The van der Waals surface area contributed by atoms with Gasteiger partial charge in [-0.2, -0.15) is 0 Å². The van der Waals surface area contributed by atoms with Gasteiger partial charge in [-0.25, -0.2) is 4.79 Å². The van der Waals surface area contributed by atoms with Crippen LogP contribution < -0.4 is 0 Å². The van der Waals surface area contributed by atoms with E-state index in [-0.39, 0.29) is 6.07 Å². The van der Waals surface area contributed by atoms with E-state index in [1.54, 1.807) is 36.7 Å². The maximum atomic E-state index is 11.7. The van der Waals surface area contributed by atoms with Crippen molar-refractivity contribution in [2.75, 3.05) is 6.07 Å². The van der Waals surface area contributed by atoms with Crippen molar-refractivity contribution in [3.05, 3.63) is 48.3 Å². The summed E-state index contributed by atoms with van der Waals surface area (Å²) in [5, 5.41) is 0. The number of hydrogen-bond donors (Lipinski definition) is 0. The van der Waals surface area contributed by atoms with Crippen LogP contribution in [-0.2, 0) is 4.74 Å². The molecule has 0 fully saturated rings. The number of esters is 1. The standard InChI is InChI=1S/C12H9ClN2O2/c13-8-17-12(16)9-4-3-7-15-11(9)10-5-1-2-6-14-10/h1-7H,8H2. The van der Waals surface area contributed by atoms with Gasteiger partial charge in [-0.3, -0.25) is 9.97 Å². The second-order valence-corrected chi connectivity index (χ2v) is 3.37. The van der Waals surface area contributed by atoms with E-state index in [0.29, 0.717) is 17.0 Å². The molecule has 0 saturated heterocycles. The van der Waals surface area contributed by atoms with E-state index in [0.717, 1.165) is 0 Å². The molecule has 4 nitrogen and oxygen atoms in total. The van der Waals surface area contributed by atoms with Gasteiger partial charge in [-0.1, -0.05) is 17.7 Å². The number of hydrogen-bond acceptors (Lipinski definition) is 4. The smallest absolute Gasteiger partial charge is 0.341 e. The van der Waals surface area contributed by atoms with Crippen molar-refractivity contribution in [2.24, 2.45) is 0 Å². The summed E-state index contributed by atoms with van der Waals surface area (Å²) in [5.74, 6) is -0.506. The summed E-state index contributed by atoms with van der Waals surface area (Å²) in [6.07, 6.45) is 3.24. The van der Waals surface area contributed by atoms with Crippen LogP contribution in [0, 0.1) is 0 Å². The molecule has 0 N–H and O–H groups in total. The first-order chi connectivity index (χ1) is 8.33. The van der Waals surface area contributed by atoms with Gasteiger partial charge in [0.2, 0.25) is 0 Å². The third kappa shape index (κ3) is 2.60. The van der Waals surface area contributed by atoms with Crippen molar-refractivity contribution in [2.45, 2.75) is 0 Å². The summed E-state index contributed by atoms with van der Waals surface area (Å²) in [4.78, 5) is 20.0. The summed E-state index contributed by atoms with van der Waals surface area (Å²) >= 11 is 5.37. The number of halogens is 1. The number of carbonyl (C=O) groups is 1. The maximum absolute atomic E-state index is 11.7. The van der Waals surface area contributed by atoms with Gasteiger partial charge < -0.3 is 4.74 Å². The van der Waals surface area contributed by atoms with E-state index in [4.69, 9.17) is 16.3 Å². The Bertz CT molecular complexity index is 517. The first-order valence-corrected chi connectivity index (χ1v) is 5.46. The average Bonchev–Trinajstić information content (AvgIpc) is 2.40. The summed E-state index contributed by atoms with van der Waals surface area (Å²) in [6, 6.07) is 8.51. The lowest BCUT2D eigenvalue weighted by Crippen LogP contribution is -2.07. The molecule has 0 aromatic carbocycles. The molecule has 0 saturated carbocycles. The molecule has 17 heavy (non-hydrogen) atoms. The van der Waals surface area contributed by atoms with Gasteiger partial charge in [-0.15, -0.1) is 0 Å². The third-order valence-electron chi connectivity index (χ3n) is 2.12. The summed E-state index contributed by atoms with van der Waals surface area (Å²) in [7, 11) is 0. The van der Waals surface area contributed by atoms with Gasteiger partial charge in [0.15, 0.2) is 6.07 Å². The van der Waals surface area contributed by atoms with E-state index in [1.165, 1.54) is 0 Å². The Morgan fingerprint density at radius 3 is 2.71 bits per heavy atom. The first-order valence-electron chi connectivity index (χ1n) is 4.92. The molecule has 0 atom stereocenters. The van der Waals surface area contributed by atoms with Gasteiger partial charge in [0.05, 0.1) is 11.3 Å². The molecule has 0 spiro atoms. The number of ether oxygens (including phenoxy) is 1. The zero-order chi connectivity index (χ0) is 12.1. The van der Waals surface area contributed by atoms with Crippen LogP contribution >= 0.6 is 11.6 Å². The second kappa shape index (κ2) is 5.41. The fraction of sp³-hybridized carbons (Fsp3) is 0.0833. The number of aromatic nitrogens is 2. The largest absolute Gasteiger partial charge is 0.446 e. The van der Waals surface area contributed by atoms with Crippen LogP contribution in [0.15, 0.2) is 42.7 Å². The van der Waals surface area contributed by atoms with Crippen LogP contribution in [0.4, 0.5) is 0 Å². The summed E-state index contributed by atoms with van der Waals surface area (Å²) in [6.45, 7) is 0. The topological polar surface area (TPSA) is 52.1 Å². The van der Waals surface area contributed by atoms with Gasteiger partial charge in [-0.05, 0) is 24.3 Å². The number of rotatable bonds is 3. The van der Waals surface area contributed by atoms with E-state index in [9.17, 15) is 4.79 Å². The molecule has 0 aliphatic rings. The Labute approximate surface area is 103 Å². The average molecular weight is 249 g/mol. The van der Waals surface area contributed by atoms with E-state index in [1.807, 2.05) is 6.07 Å². The molecule has 5 heteroatoms. The highest BCUT2D eigenvalue weighted by atomic mass is 35.5. The van der Waals surface area contributed by atoms with Crippen LogP contribution in [0.2, 0.25) is 0 Å². The maximum Gasteiger partial charge on any atom is 0.341 e. The zero-order valence-electron chi connectivity index (χ0n) is 8.84. The van der Waals surface area contributed by atoms with Crippen LogP contribution in [-0.4, -0.2) is 22.0 Å². The number of nitrogens with zero attached hydrogens (tertiary/aromatic N) is 2. The lowest BCUT2D eigenvalue weighted by atomic mass is 10.1. The SMILES string of the molecule is O=C(OCCl)c1cccnc1-c1ccccn1. The van der Waals surface area contributed by atoms with Gasteiger partial charge in [0.1, 0.15) is 5.69 Å². The van der Waals surface area contributed by atoms with E-state index >= 15 is 0 Å². The quantitative estimate of drug-likeness (QED) is 0.619. The molecule has 2 aromatic rings. The highest BCUT2D eigenvalue weighted by molar-refractivity contribution is 6.17. The number of alkyl halides is 1. The van der Waals surface area contributed by atoms with Crippen LogP contribution in [0.25, 0.3) is 11.4 Å². The Hall–Kier alpha value is -1.94. The predicted molar refractivity (Wildman–Crippen MR) is 63.6 cm³/mol. The molecule has 0 amide bonds. The van der Waals surface area contributed by atoms with Gasteiger partial charge >= 0.3 is 5.97 Å². The fourth-order valence-electron chi connectivity index (χ4n) is 1.40. The number of carbonyl (C=O) groups excluding carboxylic acids is 1. The van der Waals surface area contributed by atoms with Crippen molar-refractivity contribution in [1.82, 2.24) is 9.97 Å². The fourth-order valence-corrected chi connectivity index (χ4v) is 1.50. The molecule has 0 aliphatic heterocycles. The molecular formula is C12H9ClN2O2. The predicted octanol–water partition coefficient (Wildman–Crippen LogP) is 2.50. The van der Waals surface area contributed by atoms with Crippen molar-refractivity contribution in [1.29, 1.82) is 0 Å². The third-order valence-corrected chi connectivity index (χ3v) is 2.23. The normalized spacial score (nSPS) is 9.94. The van der Waals surface area contributed by atoms with Gasteiger partial charge in [0.25, 0.3) is 0 Å². The zero-order valence-corrected chi connectivity index (χ0v) is 9.59. The van der Waals surface area contributed by atoms with Crippen molar-refractivity contribution in [3.8, 4) is 11.4 Å². The van der Waals surface area contributed by atoms with Crippen molar-refractivity contribution < 1.29 is 9.53 Å². The Morgan fingerprint density at radius 1 is 1.18 bits per heavy atom. The lowest BCUT2D eigenvalue weighted by Gasteiger charge is -2.06. The minimum atomic E-state index is -0.506. The Balaban J connectivity index is 2.45. The van der Waals surface area contributed by atoms with E-state index < -0.39 is 5.97 Å². The lowest BCUT2D eigenvalue weighted by molar-refractivity contribution is 0.0574. The Kier molecular flexibility index (Phi) is 3.67. The molecule has 0 radical (unpaired) electrons. The van der Waals surface area contributed by atoms with Gasteiger partial charge in [0, 0.05) is 12.4 Å². The molecular weight excluding hydrogens is 240 g/mol. The number of pyridine rings is 2. The monoisotopic (exact) mass is 248 g/mol. The Morgan fingerprint density at radius 2 is 2.00 bits per heavy atom. The molecule has 0 unspecified atom stereocenters. The molecule has 2 aromatic heterocycles.